The van der Waals surface area contributed by atoms with E-state index >= 15 is 8.78 Å². The maximum absolute atomic E-state index is 15.1. The zero-order valence-electron chi connectivity index (χ0n) is 75.8. The number of fused-ring (bicyclic) bond motifs is 8. The summed E-state index contributed by atoms with van der Waals surface area (Å²) in [6.07, 6.45) is 9.02. The average Bonchev–Trinajstić information content (AvgIpc) is 0.775. The third kappa shape index (κ3) is 20.7. The first-order valence-electron chi connectivity index (χ1n) is 44.2. The Morgan fingerprint density at radius 1 is 0.290 bits per heavy atom. The minimum absolute atomic E-state index is 0.122. The van der Waals surface area contributed by atoms with Gasteiger partial charge in [0.1, 0.15) is 34.6 Å². The van der Waals surface area contributed by atoms with Crippen LogP contribution in [0.3, 0.4) is 0 Å². The fourth-order valence-electron chi connectivity index (χ4n) is 18.2. The summed E-state index contributed by atoms with van der Waals surface area (Å²) in [6, 6.07) is 68.9. The Kier molecular flexibility index (Phi) is 29.3. The number of aromatic nitrogens is 4. The van der Waals surface area contributed by atoms with Crippen molar-refractivity contribution in [2.45, 2.75) is 49.9 Å². The Morgan fingerprint density at radius 2 is 0.522 bits per heavy atom. The molecular weight excluding hydrogens is 1910 g/mol. The highest BCUT2D eigenvalue weighted by atomic mass is 35.5. The summed E-state index contributed by atoms with van der Waals surface area (Å²) in [5, 5.41) is 19.5. The standard InChI is InChI=1S/2C27H22Cl2FN3O2.2C27H23Cl2N3O2/c2*1-33(2)26-19-7-8-21(30)24(15-11-16(28)13-17(29)12-15)25(19)31-14-20(26)27(34)32-22-9-10-35-23-6-4-3-5-18(22)23;2*1-32(2)26-21-8-5-7-19(16-12-17(28)14-18(29)13-16)25(21)30-15-22(26)27(33)31-23-10-11-34-24-9-4-3-6-20(23)24/h2*3-8,11-14,22H,9-10H2,1-2H3,(H,32,34);2*3-9,12-15,23H,10-11H2,1-2H3,(H,31,33)/t22-;;23-;/m1.1./s1. The quantitative estimate of drug-likeness (QED) is 0.0707. The van der Waals surface area contributed by atoms with Crippen molar-refractivity contribution >= 4 is 183 Å². The van der Waals surface area contributed by atoms with Gasteiger partial charge in [-0.3, -0.25) is 39.1 Å². The Labute approximate surface area is 836 Å². The molecule has 0 aliphatic carbocycles. The second-order valence-electron chi connectivity index (χ2n) is 34.1. The van der Waals surface area contributed by atoms with Crippen molar-refractivity contribution in [2.24, 2.45) is 0 Å². The number of benzene rings is 12. The minimum atomic E-state index is -0.455. The first-order valence-corrected chi connectivity index (χ1v) is 47.2. The Morgan fingerprint density at radius 3 is 0.775 bits per heavy atom. The smallest absolute Gasteiger partial charge is 0.255 e. The second kappa shape index (κ2) is 42.0. The number of nitrogens with zero attached hydrogens (tertiary/aromatic N) is 8. The summed E-state index contributed by atoms with van der Waals surface area (Å²) in [7, 11) is 15.1. The van der Waals surface area contributed by atoms with E-state index in [-0.39, 0.29) is 58.9 Å². The van der Waals surface area contributed by atoms with Gasteiger partial charge in [0.2, 0.25) is 0 Å². The summed E-state index contributed by atoms with van der Waals surface area (Å²) in [5.74, 6) is 1.40. The number of pyridine rings is 4. The predicted octanol–water partition coefficient (Wildman–Crippen LogP) is 26.4. The predicted molar refractivity (Wildman–Crippen MR) is 553 cm³/mol. The molecule has 4 N–H and O–H groups in total. The summed E-state index contributed by atoms with van der Waals surface area (Å²) < 4.78 is 53.1. The first kappa shape index (κ1) is 96.4. The topological polar surface area (TPSA) is 218 Å². The number of para-hydroxylation sites is 6. The molecule has 700 valence electrons. The van der Waals surface area contributed by atoms with Crippen LogP contribution in [0.4, 0.5) is 31.5 Å². The van der Waals surface area contributed by atoms with Gasteiger partial charge in [-0.05, 0) is 144 Å². The molecule has 0 saturated heterocycles. The molecule has 8 heterocycles. The van der Waals surface area contributed by atoms with E-state index in [0.29, 0.717) is 159 Å². The van der Waals surface area contributed by atoms with Gasteiger partial charge in [-0.2, -0.15) is 0 Å². The molecule has 16 aromatic rings. The molecule has 0 bridgehead atoms. The SMILES string of the molecule is CN(C)c1c(C(=O)NC2CCOc3ccccc32)cnc2c(-c3cc(Cl)cc(Cl)c3)c(F)ccc12.CN(C)c1c(C(=O)NC2CCOc3ccccc32)cnc2c(-c3cc(Cl)cc(Cl)c3)cccc12.CN(C)c1c(C(=O)N[C@@H]2CCOc3ccccc32)cnc2c(-c3cc(Cl)cc(Cl)c3)c(F)ccc12.CN(C)c1c(C(=O)N[C@@H]2CCOc3ccccc32)cnc2c(-c3cc(Cl)cc(Cl)c3)cccc12. The van der Waals surface area contributed by atoms with Crippen molar-refractivity contribution in [3.05, 3.63) is 352 Å². The van der Waals surface area contributed by atoms with E-state index in [1.807, 2.05) is 234 Å². The molecule has 0 saturated carbocycles. The number of anilines is 4. The number of ether oxygens (including phenoxy) is 4. The number of halogens is 10. The minimum Gasteiger partial charge on any atom is -0.493 e. The molecule has 2 unspecified atom stereocenters. The van der Waals surface area contributed by atoms with Crippen LogP contribution in [0, 0.1) is 11.6 Å². The highest BCUT2D eigenvalue weighted by Gasteiger charge is 2.33. The first-order chi connectivity index (χ1) is 66.5. The van der Waals surface area contributed by atoms with Crippen molar-refractivity contribution < 1.29 is 46.9 Å². The molecule has 4 aliphatic heterocycles. The number of rotatable bonds is 16. The molecule has 138 heavy (non-hydrogen) atoms. The van der Waals surface area contributed by atoms with Crippen LogP contribution in [-0.4, -0.2) is 126 Å². The average molecular weight is 2010 g/mol. The fourth-order valence-corrected chi connectivity index (χ4v) is 20.3. The summed E-state index contributed by atoms with van der Waals surface area (Å²) >= 11 is 49.7. The number of hydrogen-bond donors (Lipinski definition) is 4. The molecule has 4 amide bonds. The van der Waals surface area contributed by atoms with E-state index in [1.54, 1.807) is 73.1 Å². The van der Waals surface area contributed by atoms with Gasteiger partial charge in [-0.15, -0.1) is 0 Å². The summed E-state index contributed by atoms with van der Waals surface area (Å²) in [5.41, 5.74) is 16.1. The van der Waals surface area contributed by atoms with Gasteiger partial charge in [0.05, 0.1) is 118 Å². The van der Waals surface area contributed by atoms with Crippen molar-refractivity contribution in [1.82, 2.24) is 41.2 Å². The number of amides is 4. The molecule has 4 atom stereocenters. The van der Waals surface area contributed by atoms with Crippen molar-refractivity contribution in [1.29, 1.82) is 0 Å². The van der Waals surface area contributed by atoms with E-state index in [0.717, 1.165) is 101 Å². The van der Waals surface area contributed by atoms with Crippen LogP contribution in [0.15, 0.2) is 255 Å². The lowest BCUT2D eigenvalue weighted by atomic mass is 9.97. The van der Waals surface area contributed by atoms with Gasteiger partial charge in [0, 0.05) is 213 Å². The van der Waals surface area contributed by atoms with E-state index in [9.17, 15) is 19.2 Å². The Bertz CT molecular complexity index is 6950. The van der Waals surface area contributed by atoms with E-state index in [2.05, 4.69) is 31.2 Å². The van der Waals surface area contributed by atoms with Crippen molar-refractivity contribution in [2.75, 3.05) is 102 Å². The van der Waals surface area contributed by atoms with Gasteiger partial charge >= 0.3 is 0 Å². The van der Waals surface area contributed by atoms with Gasteiger partial charge in [-0.25, -0.2) is 8.78 Å². The van der Waals surface area contributed by atoms with Gasteiger partial charge in [-0.1, -0.05) is 202 Å². The van der Waals surface area contributed by atoms with Gasteiger partial charge < -0.3 is 59.8 Å². The third-order valence-corrected chi connectivity index (χ3v) is 25.9. The fraction of sp³-hybridized carbons (Fsp3) is 0.185. The van der Waals surface area contributed by atoms with Crippen LogP contribution in [0.2, 0.25) is 40.2 Å². The van der Waals surface area contributed by atoms with Crippen LogP contribution in [0.1, 0.15) is 114 Å². The van der Waals surface area contributed by atoms with E-state index < -0.39 is 11.6 Å². The van der Waals surface area contributed by atoms with Gasteiger partial charge in [0.15, 0.2) is 0 Å². The molecule has 20 rings (SSSR count). The molecule has 20 nitrogen and oxygen atoms in total. The highest BCUT2D eigenvalue weighted by Crippen LogP contribution is 2.46. The molecule has 4 aliphatic rings. The maximum atomic E-state index is 15.1. The molecule has 12 aromatic carbocycles. The molecule has 0 spiro atoms. The maximum Gasteiger partial charge on any atom is 0.255 e. The largest absolute Gasteiger partial charge is 0.493 e. The Balaban J connectivity index is 0.000000127. The molecule has 30 heteroatoms. The molecule has 0 fully saturated rings. The monoisotopic (exact) mass is 2000 g/mol. The van der Waals surface area contributed by atoms with E-state index in [1.165, 1.54) is 24.5 Å². The van der Waals surface area contributed by atoms with E-state index in [4.69, 9.17) is 122 Å². The zero-order valence-corrected chi connectivity index (χ0v) is 81.9. The lowest BCUT2D eigenvalue weighted by Gasteiger charge is -2.27. The number of hydrogen-bond acceptors (Lipinski definition) is 16. The zero-order chi connectivity index (χ0) is 97.0. The third-order valence-electron chi connectivity index (χ3n) is 24.1. The highest BCUT2D eigenvalue weighted by molar-refractivity contribution is 6.37. The summed E-state index contributed by atoms with van der Waals surface area (Å²) in [6.45, 7) is 2.15. The van der Waals surface area contributed by atoms with Crippen LogP contribution < -0.4 is 59.8 Å². The lowest BCUT2D eigenvalue weighted by molar-refractivity contribution is 0.0916. The second-order valence-corrected chi connectivity index (χ2v) is 37.6. The Hall–Kier alpha value is -13.3. The number of carbonyl (C=O) groups is 4. The van der Waals surface area contributed by atoms with Crippen LogP contribution >= 0.6 is 92.8 Å². The molecule has 4 aromatic heterocycles. The number of nitrogens with one attached hydrogen (secondary N) is 4. The van der Waals surface area contributed by atoms with Gasteiger partial charge in [0.25, 0.3) is 23.6 Å². The molecule has 0 radical (unpaired) electrons. The molecular formula is C108H90Cl8F2N12O8. The normalized spacial score (nSPS) is 14.9. The van der Waals surface area contributed by atoms with Crippen LogP contribution in [0.25, 0.3) is 88.1 Å². The number of carbonyl (C=O) groups excluding carboxylic acids is 4. The van der Waals surface area contributed by atoms with Crippen LogP contribution in [0.5, 0.6) is 23.0 Å². The van der Waals surface area contributed by atoms with Crippen molar-refractivity contribution in [3.8, 4) is 67.5 Å². The van der Waals surface area contributed by atoms with Crippen molar-refractivity contribution in [3.63, 3.8) is 0 Å². The summed E-state index contributed by atoms with van der Waals surface area (Å²) in [4.78, 5) is 80.0. The van der Waals surface area contributed by atoms with Crippen LogP contribution in [-0.2, 0) is 0 Å². The lowest BCUT2D eigenvalue weighted by Crippen LogP contribution is -2.33.